The van der Waals surface area contributed by atoms with Crippen LogP contribution in [0.5, 0.6) is 0 Å². The minimum Gasteiger partial charge on any atom is -0.456 e. The molecule has 2 heterocycles. The minimum atomic E-state index is 0.644. The van der Waals surface area contributed by atoms with E-state index in [2.05, 4.69) is 97.1 Å². The van der Waals surface area contributed by atoms with Gasteiger partial charge in [-0.25, -0.2) is 15.0 Å². The average Bonchev–Trinajstić information content (AvgIpc) is 3.44. The molecular formula is C39H23N3O. The van der Waals surface area contributed by atoms with Gasteiger partial charge in [0.25, 0.3) is 0 Å². The Balaban J connectivity index is 1.27. The minimum absolute atomic E-state index is 0.644. The summed E-state index contributed by atoms with van der Waals surface area (Å²) in [4.78, 5) is 15.0. The van der Waals surface area contributed by atoms with Crippen molar-refractivity contribution < 1.29 is 4.42 Å². The third-order valence-corrected chi connectivity index (χ3v) is 8.27. The molecule has 43 heavy (non-hydrogen) atoms. The molecular weight excluding hydrogens is 526 g/mol. The zero-order chi connectivity index (χ0) is 28.3. The molecule has 0 saturated heterocycles. The van der Waals surface area contributed by atoms with E-state index in [1.165, 1.54) is 10.8 Å². The molecule has 2 aromatic heterocycles. The summed E-state index contributed by atoms with van der Waals surface area (Å²) >= 11 is 0. The molecule has 9 rings (SSSR count). The van der Waals surface area contributed by atoms with E-state index in [9.17, 15) is 0 Å². The predicted octanol–water partition coefficient (Wildman–Crippen LogP) is 10.2. The first-order valence-corrected chi connectivity index (χ1v) is 14.4. The van der Waals surface area contributed by atoms with Crippen LogP contribution in [-0.4, -0.2) is 15.0 Å². The molecule has 0 radical (unpaired) electrons. The topological polar surface area (TPSA) is 51.8 Å². The highest BCUT2D eigenvalue weighted by Gasteiger charge is 2.15. The van der Waals surface area contributed by atoms with Gasteiger partial charge < -0.3 is 4.42 Å². The van der Waals surface area contributed by atoms with Crippen LogP contribution in [0, 0.1) is 0 Å². The molecule has 0 saturated carbocycles. The molecule has 0 aliphatic heterocycles. The van der Waals surface area contributed by atoms with Crippen LogP contribution >= 0.6 is 0 Å². The van der Waals surface area contributed by atoms with Gasteiger partial charge >= 0.3 is 0 Å². The van der Waals surface area contributed by atoms with Gasteiger partial charge in [0.15, 0.2) is 17.5 Å². The van der Waals surface area contributed by atoms with Gasteiger partial charge in [-0.1, -0.05) is 109 Å². The molecule has 7 aromatic carbocycles. The summed E-state index contributed by atoms with van der Waals surface area (Å²) in [7, 11) is 0. The predicted molar refractivity (Wildman–Crippen MR) is 176 cm³/mol. The lowest BCUT2D eigenvalue weighted by atomic mass is 9.98. The van der Waals surface area contributed by atoms with Crippen LogP contribution in [0.2, 0.25) is 0 Å². The Kier molecular flexibility index (Phi) is 5.16. The average molecular weight is 550 g/mol. The van der Waals surface area contributed by atoms with Crippen molar-refractivity contribution in [1.82, 2.24) is 15.0 Å². The van der Waals surface area contributed by atoms with E-state index in [1.54, 1.807) is 0 Å². The first-order chi connectivity index (χ1) is 21.3. The fourth-order valence-electron chi connectivity index (χ4n) is 6.09. The molecule has 200 valence electrons. The quantitative estimate of drug-likeness (QED) is 0.206. The number of fused-ring (bicyclic) bond motifs is 7. The van der Waals surface area contributed by atoms with Crippen molar-refractivity contribution in [2.45, 2.75) is 0 Å². The SMILES string of the molecule is c1ccc(-c2nc(-c3ccc4ccccc4c3)nc(-c3ccc4ccc5cc6oc7ccccc7c6cc5c4c3)n2)cc1. The number of benzene rings is 7. The van der Waals surface area contributed by atoms with E-state index in [0.717, 1.165) is 60.2 Å². The van der Waals surface area contributed by atoms with Crippen molar-refractivity contribution in [3.05, 3.63) is 140 Å². The highest BCUT2D eigenvalue weighted by Crippen LogP contribution is 2.36. The maximum absolute atomic E-state index is 6.18. The van der Waals surface area contributed by atoms with E-state index < -0.39 is 0 Å². The van der Waals surface area contributed by atoms with E-state index in [1.807, 2.05) is 42.5 Å². The summed E-state index contributed by atoms with van der Waals surface area (Å²) in [6.45, 7) is 0. The Morgan fingerprint density at radius 3 is 1.77 bits per heavy atom. The molecule has 9 aromatic rings. The number of hydrogen-bond donors (Lipinski definition) is 0. The normalized spacial score (nSPS) is 11.7. The lowest BCUT2D eigenvalue weighted by Gasteiger charge is -2.10. The van der Waals surface area contributed by atoms with E-state index in [4.69, 9.17) is 19.4 Å². The van der Waals surface area contributed by atoms with Gasteiger partial charge in [0, 0.05) is 27.5 Å². The third-order valence-electron chi connectivity index (χ3n) is 8.27. The molecule has 4 heteroatoms. The van der Waals surface area contributed by atoms with Crippen LogP contribution < -0.4 is 0 Å². The zero-order valence-electron chi connectivity index (χ0n) is 23.0. The molecule has 0 bridgehead atoms. The van der Waals surface area contributed by atoms with Gasteiger partial charge in [-0.3, -0.25) is 0 Å². The van der Waals surface area contributed by atoms with Crippen LogP contribution in [0.3, 0.4) is 0 Å². The molecule has 0 atom stereocenters. The molecule has 0 unspecified atom stereocenters. The highest BCUT2D eigenvalue weighted by molar-refractivity contribution is 6.16. The maximum atomic E-state index is 6.18. The van der Waals surface area contributed by atoms with E-state index in [0.29, 0.717) is 17.5 Å². The second-order valence-electron chi connectivity index (χ2n) is 10.9. The van der Waals surface area contributed by atoms with Crippen molar-refractivity contribution >= 4 is 54.3 Å². The zero-order valence-corrected chi connectivity index (χ0v) is 23.0. The van der Waals surface area contributed by atoms with Crippen LogP contribution in [-0.2, 0) is 0 Å². The Bertz CT molecular complexity index is 2510. The van der Waals surface area contributed by atoms with Crippen LogP contribution in [0.1, 0.15) is 0 Å². The van der Waals surface area contributed by atoms with Crippen molar-refractivity contribution in [3.8, 4) is 34.2 Å². The fraction of sp³-hybridized carbons (Fsp3) is 0. The van der Waals surface area contributed by atoms with Gasteiger partial charge in [-0.2, -0.15) is 0 Å². The van der Waals surface area contributed by atoms with Crippen molar-refractivity contribution in [3.63, 3.8) is 0 Å². The molecule has 0 spiro atoms. The smallest absolute Gasteiger partial charge is 0.164 e. The Morgan fingerprint density at radius 1 is 0.326 bits per heavy atom. The van der Waals surface area contributed by atoms with Gasteiger partial charge in [0.1, 0.15) is 11.2 Å². The van der Waals surface area contributed by atoms with Crippen molar-refractivity contribution in [2.75, 3.05) is 0 Å². The van der Waals surface area contributed by atoms with Crippen LogP contribution in [0.4, 0.5) is 0 Å². The Labute approximate surface area is 246 Å². The molecule has 0 fully saturated rings. The van der Waals surface area contributed by atoms with E-state index >= 15 is 0 Å². The Morgan fingerprint density at radius 2 is 0.930 bits per heavy atom. The highest BCUT2D eigenvalue weighted by atomic mass is 16.3. The third kappa shape index (κ3) is 3.96. The summed E-state index contributed by atoms with van der Waals surface area (Å²) in [6, 6.07) is 48.2. The van der Waals surface area contributed by atoms with Crippen LogP contribution in [0.15, 0.2) is 144 Å². The lowest BCUT2D eigenvalue weighted by molar-refractivity contribution is 0.669. The number of hydrogen-bond acceptors (Lipinski definition) is 4. The first kappa shape index (κ1) is 23.8. The molecule has 0 amide bonds. The number of furan rings is 1. The van der Waals surface area contributed by atoms with Gasteiger partial charge in [-0.15, -0.1) is 0 Å². The summed E-state index contributed by atoms with van der Waals surface area (Å²) in [5.74, 6) is 1.95. The van der Waals surface area contributed by atoms with Crippen molar-refractivity contribution in [2.24, 2.45) is 0 Å². The van der Waals surface area contributed by atoms with Gasteiger partial charge in [0.05, 0.1) is 0 Å². The van der Waals surface area contributed by atoms with Gasteiger partial charge in [-0.05, 0) is 62.6 Å². The molecule has 0 aliphatic rings. The first-order valence-electron chi connectivity index (χ1n) is 14.4. The van der Waals surface area contributed by atoms with Crippen LogP contribution in [0.25, 0.3) is 88.4 Å². The monoisotopic (exact) mass is 549 g/mol. The number of nitrogens with zero attached hydrogens (tertiary/aromatic N) is 3. The standard InChI is InChI=1S/C39H23N3O/c1-2-9-26(10-3-1)37-40-38(29-18-14-24-8-4-5-11-27(24)20-29)42-39(41-37)30-19-16-25-15-17-28-22-36-34(23-33(28)32(25)21-30)31-12-6-7-13-35(31)43-36/h1-23H. The van der Waals surface area contributed by atoms with Crippen molar-refractivity contribution in [1.29, 1.82) is 0 Å². The number of para-hydroxylation sites is 1. The summed E-state index contributed by atoms with van der Waals surface area (Å²) in [5, 5.41) is 9.19. The Hall–Kier alpha value is -5.87. The molecule has 0 aliphatic carbocycles. The van der Waals surface area contributed by atoms with E-state index in [-0.39, 0.29) is 0 Å². The second kappa shape index (κ2) is 9.33. The maximum Gasteiger partial charge on any atom is 0.164 e. The molecule has 0 N–H and O–H groups in total. The molecule has 4 nitrogen and oxygen atoms in total. The summed E-state index contributed by atoms with van der Waals surface area (Å²) < 4.78 is 6.18. The van der Waals surface area contributed by atoms with Gasteiger partial charge in [0.2, 0.25) is 0 Å². The number of aromatic nitrogens is 3. The summed E-state index contributed by atoms with van der Waals surface area (Å²) in [5.41, 5.74) is 4.65. The lowest BCUT2D eigenvalue weighted by Crippen LogP contribution is -2.00. The fourth-order valence-corrected chi connectivity index (χ4v) is 6.09. The number of rotatable bonds is 3. The summed E-state index contributed by atoms with van der Waals surface area (Å²) in [6.07, 6.45) is 0. The second-order valence-corrected chi connectivity index (χ2v) is 10.9. The largest absolute Gasteiger partial charge is 0.456 e.